The number of carbonyl (C=O) groups excluding carboxylic acids is 1. The summed E-state index contributed by atoms with van der Waals surface area (Å²) in [6.45, 7) is 1.52. The van der Waals surface area contributed by atoms with Crippen LogP contribution in [0.25, 0.3) is 0 Å². The molecule has 0 spiro atoms. The van der Waals surface area contributed by atoms with Gasteiger partial charge < -0.3 is 35.4 Å². The summed E-state index contributed by atoms with van der Waals surface area (Å²) in [5.41, 5.74) is 0. The minimum absolute atomic E-state index is 0.0258. The van der Waals surface area contributed by atoms with Gasteiger partial charge in [0.2, 0.25) is 0 Å². The number of aliphatic carboxylic acids is 1. The first-order valence-corrected chi connectivity index (χ1v) is 14.3. The molecule has 0 heterocycles. The Morgan fingerprint density at radius 2 is 0.944 bits per heavy atom. The quantitative estimate of drug-likeness (QED) is 0.0758. The highest BCUT2D eigenvalue weighted by Gasteiger charge is 2.29. The summed E-state index contributed by atoms with van der Waals surface area (Å²) in [4.78, 5) is 20.3. The molecule has 0 aromatic heterocycles. The molecule has 216 valence electrons. The maximum Gasteiger partial charge on any atom is 0.303 e. The van der Waals surface area contributed by atoms with E-state index in [4.69, 9.17) is 30.6 Å². The monoisotopic (exact) mass is 520 g/mol. The first kappa shape index (κ1) is 37.1. The Hall–Kier alpha value is -1.06. The normalized spacial score (nSPS) is 14.4. The van der Waals surface area contributed by atoms with Crippen LogP contribution in [-0.4, -0.2) is 73.9 Å². The fraction of sp³-hybridized carbons (Fsp3) is 0.929. The molecule has 36 heavy (non-hydrogen) atoms. The van der Waals surface area contributed by atoms with Crippen LogP contribution in [0.1, 0.15) is 135 Å². The molecule has 8 heteroatoms. The van der Waals surface area contributed by atoms with Crippen molar-refractivity contribution >= 4 is 12.3 Å². The number of carboxylic acids is 1. The second-order valence-corrected chi connectivity index (χ2v) is 9.87. The van der Waals surface area contributed by atoms with Crippen molar-refractivity contribution in [3.8, 4) is 0 Å². The van der Waals surface area contributed by atoms with Gasteiger partial charge in [0, 0.05) is 6.42 Å². The molecule has 0 aliphatic rings. The van der Waals surface area contributed by atoms with Crippen molar-refractivity contribution in [2.75, 3.05) is 6.61 Å². The van der Waals surface area contributed by atoms with Crippen LogP contribution in [0.3, 0.4) is 0 Å². The first-order valence-electron chi connectivity index (χ1n) is 14.3. The molecule has 0 aromatic rings. The third-order valence-electron chi connectivity index (χ3n) is 6.41. The lowest BCUT2D eigenvalue weighted by atomic mass is 10.0. The predicted octanol–water partition coefficient (Wildman–Crippen LogP) is 4.51. The van der Waals surface area contributed by atoms with Crippen molar-refractivity contribution in [3.63, 3.8) is 0 Å². The van der Waals surface area contributed by atoms with Crippen LogP contribution in [0, 0.1) is 0 Å². The Kier molecular flexibility index (Phi) is 29.4. The van der Waals surface area contributed by atoms with E-state index in [1.165, 1.54) is 109 Å². The number of unbranched alkanes of at least 4 members (excludes halogenated alkanes) is 18. The Morgan fingerprint density at radius 1 is 0.611 bits per heavy atom. The fourth-order valence-corrected chi connectivity index (χ4v) is 3.97. The topological polar surface area (TPSA) is 156 Å². The van der Waals surface area contributed by atoms with Gasteiger partial charge in [0.15, 0.2) is 6.29 Å². The number of rotatable bonds is 25. The summed E-state index contributed by atoms with van der Waals surface area (Å²) in [7, 11) is 0. The van der Waals surface area contributed by atoms with Gasteiger partial charge in [0.25, 0.3) is 0 Å². The van der Waals surface area contributed by atoms with E-state index in [9.17, 15) is 9.59 Å². The summed E-state index contributed by atoms with van der Waals surface area (Å²) in [5.74, 6) is -0.651. The molecule has 0 fully saturated rings. The minimum atomic E-state index is -1.79. The molecule has 0 amide bonds. The van der Waals surface area contributed by atoms with Crippen molar-refractivity contribution < 1.29 is 40.2 Å². The van der Waals surface area contributed by atoms with Gasteiger partial charge in [-0.1, -0.05) is 122 Å². The molecule has 4 atom stereocenters. The number of hydrogen-bond donors (Lipinski definition) is 6. The summed E-state index contributed by atoms with van der Waals surface area (Å²) in [6.07, 6.45) is 19.3. The van der Waals surface area contributed by atoms with Crippen LogP contribution in [0.4, 0.5) is 0 Å². The number of aldehydes is 1. The van der Waals surface area contributed by atoms with Crippen molar-refractivity contribution in [2.24, 2.45) is 0 Å². The van der Waals surface area contributed by atoms with Crippen LogP contribution in [0.5, 0.6) is 0 Å². The lowest BCUT2D eigenvalue weighted by Crippen LogP contribution is -2.46. The van der Waals surface area contributed by atoms with Gasteiger partial charge in [-0.2, -0.15) is 0 Å². The Morgan fingerprint density at radius 3 is 1.22 bits per heavy atom. The summed E-state index contributed by atoms with van der Waals surface area (Å²) in [6, 6.07) is 0. The van der Waals surface area contributed by atoms with Gasteiger partial charge in [-0.15, -0.1) is 0 Å². The highest BCUT2D eigenvalue weighted by atomic mass is 16.4. The number of carbonyl (C=O) groups is 2. The molecule has 0 aliphatic carbocycles. The standard InChI is InChI=1S/C22H44O2.C6H12O6/c1-2-3-4-5-6-7-8-9-10-11-12-13-14-15-16-17-18-19-20-21-22(23)24;7-1-3(9)5(11)6(12)4(10)2-8/h2-21H2,1H3,(H,23,24);1,3-6,8-12H,2H2. The lowest BCUT2D eigenvalue weighted by Gasteiger charge is -2.22. The summed E-state index contributed by atoms with van der Waals surface area (Å²) < 4.78 is 0. The van der Waals surface area contributed by atoms with E-state index >= 15 is 0 Å². The van der Waals surface area contributed by atoms with E-state index in [1.807, 2.05) is 0 Å². The van der Waals surface area contributed by atoms with E-state index in [1.54, 1.807) is 0 Å². The molecule has 6 N–H and O–H groups in total. The number of aliphatic hydroxyl groups excluding tert-OH is 5. The molecule has 0 saturated carbocycles. The average Bonchev–Trinajstić information content (AvgIpc) is 2.88. The van der Waals surface area contributed by atoms with E-state index in [2.05, 4.69) is 6.92 Å². The van der Waals surface area contributed by atoms with E-state index in [-0.39, 0.29) is 6.29 Å². The maximum atomic E-state index is 10.4. The van der Waals surface area contributed by atoms with E-state index in [0.29, 0.717) is 6.42 Å². The fourth-order valence-electron chi connectivity index (χ4n) is 3.97. The Bertz CT molecular complexity index is 474. The van der Waals surface area contributed by atoms with Crippen molar-refractivity contribution in [1.29, 1.82) is 0 Å². The van der Waals surface area contributed by atoms with Crippen LogP contribution < -0.4 is 0 Å². The number of hydrogen-bond acceptors (Lipinski definition) is 7. The second-order valence-electron chi connectivity index (χ2n) is 9.87. The van der Waals surface area contributed by atoms with Crippen LogP contribution in [0.15, 0.2) is 0 Å². The largest absolute Gasteiger partial charge is 0.481 e. The second kappa shape index (κ2) is 28.5. The predicted molar refractivity (Wildman–Crippen MR) is 143 cm³/mol. The number of aliphatic hydroxyl groups is 5. The average molecular weight is 521 g/mol. The van der Waals surface area contributed by atoms with Crippen LogP contribution in [0.2, 0.25) is 0 Å². The Balaban J connectivity index is 0. The molecule has 0 saturated heterocycles. The zero-order valence-electron chi connectivity index (χ0n) is 22.7. The molecule has 0 aromatic carbocycles. The lowest BCUT2D eigenvalue weighted by molar-refractivity contribution is -0.137. The molecule has 4 unspecified atom stereocenters. The van der Waals surface area contributed by atoms with Gasteiger partial charge in [0.05, 0.1) is 6.61 Å². The molecule has 0 rings (SSSR count). The summed E-state index contributed by atoms with van der Waals surface area (Å²) in [5, 5.41) is 52.1. The van der Waals surface area contributed by atoms with E-state index in [0.717, 1.165) is 12.8 Å². The summed E-state index contributed by atoms with van der Waals surface area (Å²) >= 11 is 0. The molecule has 8 nitrogen and oxygen atoms in total. The SMILES string of the molecule is CCCCCCCCCCCCCCCCCCCCCC(=O)O.O=CC(O)C(O)C(O)C(O)CO. The van der Waals surface area contributed by atoms with Gasteiger partial charge in [-0.05, 0) is 6.42 Å². The molecular formula is C28H56O8. The maximum absolute atomic E-state index is 10.4. The molecule has 0 radical (unpaired) electrons. The van der Waals surface area contributed by atoms with Crippen LogP contribution in [-0.2, 0) is 9.59 Å². The van der Waals surface area contributed by atoms with Gasteiger partial charge in [-0.3, -0.25) is 4.79 Å². The third kappa shape index (κ3) is 26.0. The van der Waals surface area contributed by atoms with Gasteiger partial charge in [0.1, 0.15) is 24.4 Å². The van der Waals surface area contributed by atoms with Gasteiger partial charge in [-0.25, -0.2) is 0 Å². The van der Waals surface area contributed by atoms with Crippen molar-refractivity contribution in [2.45, 2.75) is 160 Å². The molecule has 0 aliphatic heterocycles. The highest BCUT2D eigenvalue weighted by molar-refractivity contribution is 5.66. The van der Waals surface area contributed by atoms with Gasteiger partial charge >= 0.3 is 5.97 Å². The highest BCUT2D eigenvalue weighted by Crippen LogP contribution is 2.14. The zero-order chi connectivity index (χ0) is 27.4. The Labute approximate surface area is 219 Å². The van der Waals surface area contributed by atoms with E-state index < -0.39 is 37.0 Å². The van der Waals surface area contributed by atoms with Crippen LogP contribution >= 0.6 is 0 Å². The molecule has 0 bridgehead atoms. The number of carboxylic acid groups (broad SMARTS) is 1. The smallest absolute Gasteiger partial charge is 0.303 e. The minimum Gasteiger partial charge on any atom is -0.481 e. The van der Waals surface area contributed by atoms with Crippen molar-refractivity contribution in [1.82, 2.24) is 0 Å². The first-order chi connectivity index (χ1) is 17.3. The van der Waals surface area contributed by atoms with Crippen molar-refractivity contribution in [3.05, 3.63) is 0 Å². The molecular weight excluding hydrogens is 464 g/mol. The third-order valence-corrected chi connectivity index (χ3v) is 6.41. The zero-order valence-corrected chi connectivity index (χ0v) is 22.7.